The van der Waals surface area contributed by atoms with Crippen molar-refractivity contribution in [1.82, 2.24) is 5.32 Å². The highest BCUT2D eigenvalue weighted by molar-refractivity contribution is 6.34. The summed E-state index contributed by atoms with van der Waals surface area (Å²) >= 11 is 18.3. The molecular weight excluding hydrogens is 595 g/mol. The fraction of sp³-hybridized carbons (Fsp3) is 0.300. The Morgan fingerprint density at radius 1 is 1.07 bits per heavy atom. The van der Waals surface area contributed by atoms with E-state index in [0.29, 0.717) is 6.42 Å². The minimum absolute atomic E-state index is 0.0420. The number of benzene rings is 3. The average molecular weight is 621 g/mol. The third-order valence-electron chi connectivity index (χ3n) is 7.20. The molecule has 0 radical (unpaired) electrons. The second kappa shape index (κ2) is 11.6. The van der Waals surface area contributed by atoms with Crippen LogP contribution >= 0.6 is 34.8 Å². The van der Waals surface area contributed by atoms with Crippen LogP contribution in [0.5, 0.6) is 0 Å². The summed E-state index contributed by atoms with van der Waals surface area (Å²) in [5.74, 6) is -4.76. The molecule has 1 amide bonds. The lowest BCUT2D eigenvalue weighted by Crippen LogP contribution is -2.45. The van der Waals surface area contributed by atoms with E-state index in [9.17, 15) is 20.0 Å². The van der Waals surface area contributed by atoms with Crippen molar-refractivity contribution in [2.75, 3.05) is 5.32 Å². The molecular formula is C30H26Cl3F2N3O3. The molecule has 41 heavy (non-hydrogen) atoms. The number of amides is 1. The second-order valence-corrected chi connectivity index (χ2v) is 12.4. The summed E-state index contributed by atoms with van der Waals surface area (Å²) < 4.78 is 31.4. The summed E-state index contributed by atoms with van der Waals surface area (Å²) in [5, 5.41) is 25.8. The van der Waals surface area contributed by atoms with E-state index in [1.54, 1.807) is 0 Å². The van der Waals surface area contributed by atoms with Gasteiger partial charge in [-0.15, -0.1) is 0 Å². The minimum atomic E-state index is -1.78. The van der Waals surface area contributed by atoms with Crippen LogP contribution in [0.25, 0.3) is 0 Å². The SMILES string of the molecule is CC(C)(C)C[C@@H]1N[C@@H](C(=O)Nc2ccc(C(=O)O)c(Cl)c2)[C@H](c2cccc(Cl)c2F)[C@@]1(C#N)c1ccc(Cl)cc1F. The third kappa shape index (κ3) is 5.91. The molecule has 1 fully saturated rings. The number of carbonyl (C=O) groups is 2. The quantitative estimate of drug-likeness (QED) is 0.264. The Balaban J connectivity index is 1.93. The largest absolute Gasteiger partial charge is 0.478 e. The maximum atomic E-state index is 15.7. The van der Waals surface area contributed by atoms with Gasteiger partial charge in [-0.3, -0.25) is 4.79 Å². The van der Waals surface area contributed by atoms with Crippen molar-refractivity contribution >= 4 is 52.4 Å². The van der Waals surface area contributed by atoms with Gasteiger partial charge in [-0.2, -0.15) is 5.26 Å². The summed E-state index contributed by atoms with van der Waals surface area (Å²) in [7, 11) is 0. The van der Waals surface area contributed by atoms with Crippen LogP contribution in [0.3, 0.4) is 0 Å². The summed E-state index contributed by atoms with van der Waals surface area (Å²) in [6, 6.07) is 12.3. The lowest BCUT2D eigenvalue weighted by Gasteiger charge is -2.37. The van der Waals surface area contributed by atoms with Crippen molar-refractivity contribution in [1.29, 1.82) is 5.26 Å². The maximum absolute atomic E-state index is 15.7. The zero-order chi connectivity index (χ0) is 30.3. The smallest absolute Gasteiger partial charge is 0.337 e. The lowest BCUT2D eigenvalue weighted by atomic mass is 9.62. The van der Waals surface area contributed by atoms with Crippen molar-refractivity contribution in [3.05, 3.63) is 98.0 Å². The van der Waals surface area contributed by atoms with Crippen molar-refractivity contribution in [3.8, 4) is 6.07 Å². The van der Waals surface area contributed by atoms with Crippen molar-refractivity contribution in [2.24, 2.45) is 5.41 Å². The highest BCUT2D eigenvalue weighted by Crippen LogP contribution is 2.53. The number of carbonyl (C=O) groups excluding carboxylic acids is 1. The number of aromatic carboxylic acids is 1. The van der Waals surface area contributed by atoms with Gasteiger partial charge in [0.1, 0.15) is 17.0 Å². The number of carboxylic acids is 1. The standard InChI is InChI=1S/C30H26Cl3F2N3O3/c1-29(2,3)13-23-30(14-36,19-10-7-15(31)11-22(19)34)24(18-5-4-6-20(32)25(18)35)26(38-23)27(39)37-16-8-9-17(28(40)41)21(33)12-16/h4-12,23-24,26,38H,13H2,1-3H3,(H,37,39)(H,40,41)/t23-,24-,26+,30-/m0/s1. The number of hydrogen-bond donors (Lipinski definition) is 3. The Labute approximate surface area is 251 Å². The van der Waals surface area contributed by atoms with Gasteiger partial charge in [-0.25, -0.2) is 13.6 Å². The van der Waals surface area contributed by atoms with Gasteiger partial charge in [0.25, 0.3) is 0 Å². The highest BCUT2D eigenvalue weighted by atomic mass is 35.5. The predicted octanol–water partition coefficient (Wildman–Crippen LogP) is 7.58. The summed E-state index contributed by atoms with van der Waals surface area (Å²) in [6.07, 6.45) is 0.310. The summed E-state index contributed by atoms with van der Waals surface area (Å²) in [5.41, 5.74) is -2.24. The third-order valence-corrected chi connectivity index (χ3v) is 8.04. The van der Waals surface area contributed by atoms with Crippen LogP contribution in [0, 0.1) is 28.4 Å². The Kier molecular flexibility index (Phi) is 8.68. The van der Waals surface area contributed by atoms with E-state index < -0.39 is 52.3 Å². The molecule has 214 valence electrons. The van der Waals surface area contributed by atoms with Crippen LogP contribution in [0.4, 0.5) is 14.5 Å². The van der Waals surface area contributed by atoms with E-state index in [2.05, 4.69) is 16.7 Å². The molecule has 1 aliphatic heterocycles. The Hall–Kier alpha value is -3.22. The molecule has 0 unspecified atom stereocenters. The first-order valence-corrected chi connectivity index (χ1v) is 13.7. The number of carboxylic acid groups (broad SMARTS) is 1. The zero-order valence-electron chi connectivity index (χ0n) is 22.2. The normalized spacial score (nSPS) is 22.3. The van der Waals surface area contributed by atoms with Gasteiger partial charge in [-0.1, -0.05) is 73.8 Å². The molecule has 0 aliphatic carbocycles. The number of nitriles is 1. The molecule has 0 saturated carbocycles. The van der Waals surface area contributed by atoms with Crippen LogP contribution < -0.4 is 10.6 Å². The van der Waals surface area contributed by atoms with E-state index in [4.69, 9.17) is 34.8 Å². The van der Waals surface area contributed by atoms with Gasteiger partial charge < -0.3 is 15.7 Å². The predicted molar refractivity (Wildman–Crippen MR) is 155 cm³/mol. The first-order valence-electron chi connectivity index (χ1n) is 12.6. The van der Waals surface area contributed by atoms with Gasteiger partial charge in [0.05, 0.1) is 27.7 Å². The first-order chi connectivity index (χ1) is 19.2. The maximum Gasteiger partial charge on any atom is 0.337 e. The van der Waals surface area contributed by atoms with Crippen molar-refractivity contribution in [3.63, 3.8) is 0 Å². The fourth-order valence-corrected chi connectivity index (χ4v) is 6.15. The van der Waals surface area contributed by atoms with Gasteiger partial charge in [0.2, 0.25) is 5.91 Å². The highest BCUT2D eigenvalue weighted by Gasteiger charge is 2.61. The molecule has 6 nitrogen and oxygen atoms in total. The monoisotopic (exact) mass is 619 g/mol. The van der Waals surface area contributed by atoms with Crippen LogP contribution in [0.15, 0.2) is 54.6 Å². The molecule has 3 N–H and O–H groups in total. The Morgan fingerprint density at radius 2 is 1.78 bits per heavy atom. The number of halogens is 5. The van der Waals surface area contributed by atoms with Gasteiger partial charge >= 0.3 is 5.97 Å². The van der Waals surface area contributed by atoms with Crippen LogP contribution in [0.2, 0.25) is 15.1 Å². The van der Waals surface area contributed by atoms with Gasteiger partial charge in [-0.05, 0) is 53.8 Å². The lowest BCUT2D eigenvalue weighted by molar-refractivity contribution is -0.118. The van der Waals surface area contributed by atoms with E-state index in [-0.39, 0.29) is 37.4 Å². The summed E-state index contributed by atoms with van der Waals surface area (Å²) in [4.78, 5) is 25.3. The summed E-state index contributed by atoms with van der Waals surface area (Å²) in [6.45, 7) is 5.80. The van der Waals surface area contributed by atoms with E-state index in [0.717, 1.165) is 6.07 Å². The van der Waals surface area contributed by atoms with Crippen molar-refractivity contribution in [2.45, 2.75) is 50.6 Å². The average Bonchev–Trinajstić information content (AvgIpc) is 3.18. The van der Waals surface area contributed by atoms with E-state index in [1.165, 1.54) is 48.5 Å². The first kappa shape index (κ1) is 30.7. The van der Waals surface area contributed by atoms with E-state index >= 15 is 8.78 Å². The molecule has 3 aromatic rings. The molecule has 4 rings (SSSR count). The van der Waals surface area contributed by atoms with Crippen molar-refractivity contribution < 1.29 is 23.5 Å². The molecule has 1 heterocycles. The molecule has 1 saturated heterocycles. The Morgan fingerprint density at radius 3 is 2.37 bits per heavy atom. The Bertz CT molecular complexity index is 1570. The fourth-order valence-electron chi connectivity index (χ4n) is 5.54. The molecule has 4 atom stereocenters. The van der Waals surface area contributed by atoms with Gasteiger partial charge in [0.15, 0.2) is 0 Å². The number of anilines is 1. The minimum Gasteiger partial charge on any atom is -0.478 e. The molecule has 3 aromatic carbocycles. The molecule has 0 spiro atoms. The molecule has 0 bridgehead atoms. The topological polar surface area (TPSA) is 102 Å². The van der Waals surface area contributed by atoms with Gasteiger partial charge in [0, 0.05) is 28.2 Å². The second-order valence-electron chi connectivity index (χ2n) is 11.2. The molecule has 0 aromatic heterocycles. The number of hydrogen-bond acceptors (Lipinski definition) is 4. The van der Waals surface area contributed by atoms with Crippen LogP contribution in [-0.2, 0) is 10.2 Å². The molecule has 11 heteroatoms. The number of rotatable bonds is 6. The number of nitrogens with zero attached hydrogens (tertiary/aromatic N) is 1. The molecule has 1 aliphatic rings. The van der Waals surface area contributed by atoms with E-state index in [1.807, 2.05) is 20.8 Å². The zero-order valence-corrected chi connectivity index (χ0v) is 24.5. The van der Waals surface area contributed by atoms with Crippen LogP contribution in [0.1, 0.15) is 54.6 Å². The number of nitrogens with one attached hydrogen (secondary N) is 2. The van der Waals surface area contributed by atoms with Crippen LogP contribution in [-0.4, -0.2) is 29.1 Å².